The maximum absolute atomic E-state index is 11.6. The Morgan fingerprint density at radius 3 is 2.55 bits per heavy atom. The number of piperidine rings is 1. The molecule has 122 valence electrons. The van der Waals surface area contributed by atoms with Crippen LogP contribution in [0, 0.1) is 5.41 Å². The van der Waals surface area contributed by atoms with Crippen molar-refractivity contribution < 1.29 is 0 Å². The molecule has 0 radical (unpaired) electrons. The molecule has 0 unspecified atom stereocenters. The maximum atomic E-state index is 11.6. The normalized spacial score (nSPS) is 22.0. The summed E-state index contributed by atoms with van der Waals surface area (Å²) in [5.41, 5.74) is 0.515. The van der Waals surface area contributed by atoms with Crippen LogP contribution < -0.4 is 21.9 Å². The monoisotopic (exact) mass is 306 g/mol. The molecule has 2 fully saturated rings. The van der Waals surface area contributed by atoms with Crippen LogP contribution >= 0.6 is 0 Å². The van der Waals surface area contributed by atoms with E-state index in [0.717, 1.165) is 6.54 Å². The molecule has 1 spiro atoms. The molecule has 6 heteroatoms. The summed E-state index contributed by atoms with van der Waals surface area (Å²) in [7, 11) is 0. The average molecular weight is 306 g/mol. The minimum Gasteiger partial charge on any atom is -0.317 e. The summed E-state index contributed by atoms with van der Waals surface area (Å²) < 4.78 is 0. The Labute approximate surface area is 130 Å². The SMILES string of the molecule is O=c1[nH]cc(CCNC2CCC3(CCNCC3)CC2)c(=O)[nH]1. The van der Waals surface area contributed by atoms with E-state index in [1.165, 1.54) is 57.8 Å². The van der Waals surface area contributed by atoms with Gasteiger partial charge in [0.2, 0.25) is 0 Å². The van der Waals surface area contributed by atoms with E-state index in [2.05, 4.69) is 20.6 Å². The van der Waals surface area contributed by atoms with Crippen LogP contribution in [0.2, 0.25) is 0 Å². The average Bonchev–Trinajstić information content (AvgIpc) is 2.52. The molecule has 2 aliphatic rings. The first kappa shape index (κ1) is 15.5. The van der Waals surface area contributed by atoms with Gasteiger partial charge in [-0.15, -0.1) is 0 Å². The highest BCUT2D eigenvalue weighted by molar-refractivity contribution is 5.03. The molecular formula is C16H26N4O2. The van der Waals surface area contributed by atoms with E-state index < -0.39 is 5.69 Å². The molecule has 1 aromatic rings. The van der Waals surface area contributed by atoms with Gasteiger partial charge in [0.1, 0.15) is 0 Å². The Kier molecular flexibility index (Phi) is 4.78. The molecule has 4 N–H and O–H groups in total. The molecule has 0 bridgehead atoms. The van der Waals surface area contributed by atoms with Gasteiger partial charge in [-0.1, -0.05) is 0 Å². The zero-order valence-electron chi connectivity index (χ0n) is 13.0. The molecule has 1 aromatic heterocycles. The summed E-state index contributed by atoms with van der Waals surface area (Å²) in [5, 5.41) is 7.03. The van der Waals surface area contributed by atoms with Gasteiger partial charge in [0.25, 0.3) is 5.56 Å². The molecule has 6 nitrogen and oxygen atoms in total. The van der Waals surface area contributed by atoms with Crippen molar-refractivity contribution in [2.45, 2.75) is 51.0 Å². The molecule has 1 saturated carbocycles. The first-order valence-electron chi connectivity index (χ1n) is 8.42. The zero-order valence-corrected chi connectivity index (χ0v) is 13.0. The summed E-state index contributed by atoms with van der Waals surface area (Å²) in [4.78, 5) is 27.4. The fourth-order valence-corrected chi connectivity index (χ4v) is 3.93. The number of aromatic amines is 2. The Morgan fingerprint density at radius 1 is 1.14 bits per heavy atom. The second kappa shape index (κ2) is 6.79. The fraction of sp³-hybridized carbons (Fsp3) is 0.750. The summed E-state index contributed by atoms with van der Waals surface area (Å²) in [6.07, 6.45) is 9.95. The van der Waals surface area contributed by atoms with E-state index in [-0.39, 0.29) is 5.56 Å². The molecule has 1 saturated heterocycles. The lowest BCUT2D eigenvalue weighted by atomic mass is 9.67. The first-order valence-corrected chi connectivity index (χ1v) is 8.42. The number of H-pyrrole nitrogens is 2. The van der Waals surface area contributed by atoms with Crippen LogP contribution in [0.15, 0.2) is 15.8 Å². The van der Waals surface area contributed by atoms with Crippen molar-refractivity contribution in [1.82, 2.24) is 20.6 Å². The van der Waals surface area contributed by atoms with Gasteiger partial charge in [0.05, 0.1) is 0 Å². The van der Waals surface area contributed by atoms with Crippen molar-refractivity contribution >= 4 is 0 Å². The molecule has 0 atom stereocenters. The van der Waals surface area contributed by atoms with Crippen molar-refractivity contribution in [1.29, 1.82) is 0 Å². The maximum Gasteiger partial charge on any atom is 0.325 e. The highest BCUT2D eigenvalue weighted by Gasteiger charge is 2.35. The molecule has 0 amide bonds. The van der Waals surface area contributed by atoms with Crippen molar-refractivity contribution in [2.75, 3.05) is 19.6 Å². The predicted octanol–water partition coefficient (Wildman–Crippen LogP) is 0.508. The molecule has 22 heavy (non-hydrogen) atoms. The number of hydrogen-bond donors (Lipinski definition) is 4. The molecule has 2 heterocycles. The van der Waals surface area contributed by atoms with Crippen LogP contribution in [0.25, 0.3) is 0 Å². The van der Waals surface area contributed by atoms with Gasteiger partial charge in [-0.05, 0) is 70.0 Å². The van der Waals surface area contributed by atoms with Crippen LogP contribution in [-0.2, 0) is 6.42 Å². The highest BCUT2D eigenvalue weighted by atomic mass is 16.2. The highest BCUT2D eigenvalue weighted by Crippen LogP contribution is 2.43. The number of rotatable bonds is 4. The predicted molar refractivity (Wildman–Crippen MR) is 86.2 cm³/mol. The summed E-state index contributed by atoms with van der Waals surface area (Å²) >= 11 is 0. The first-order chi connectivity index (χ1) is 10.7. The largest absolute Gasteiger partial charge is 0.325 e. The minimum atomic E-state index is -0.443. The van der Waals surface area contributed by atoms with E-state index in [1.54, 1.807) is 0 Å². The van der Waals surface area contributed by atoms with Gasteiger partial charge in [0.15, 0.2) is 0 Å². The lowest BCUT2D eigenvalue weighted by Crippen LogP contribution is -2.43. The molecule has 1 aliphatic heterocycles. The Bertz CT molecular complexity index is 591. The van der Waals surface area contributed by atoms with Crippen molar-refractivity contribution in [2.24, 2.45) is 5.41 Å². The van der Waals surface area contributed by atoms with Gasteiger partial charge in [-0.3, -0.25) is 9.78 Å². The minimum absolute atomic E-state index is 0.275. The van der Waals surface area contributed by atoms with E-state index in [1.807, 2.05) is 0 Å². The summed E-state index contributed by atoms with van der Waals surface area (Å²) in [6.45, 7) is 3.13. The van der Waals surface area contributed by atoms with Crippen molar-refractivity contribution in [3.8, 4) is 0 Å². The van der Waals surface area contributed by atoms with Gasteiger partial charge >= 0.3 is 5.69 Å². The standard InChI is InChI=1S/C16H26N4O2/c21-14-12(11-19-15(22)20-14)3-8-18-13-1-4-16(5-2-13)6-9-17-10-7-16/h11,13,17-18H,1-10H2,(H2,19,20,21,22). The lowest BCUT2D eigenvalue weighted by molar-refractivity contribution is 0.116. The van der Waals surface area contributed by atoms with Crippen LogP contribution in [-0.4, -0.2) is 35.6 Å². The van der Waals surface area contributed by atoms with E-state index >= 15 is 0 Å². The van der Waals surface area contributed by atoms with Crippen LogP contribution in [0.5, 0.6) is 0 Å². The third-order valence-electron chi connectivity index (χ3n) is 5.43. The number of hydrogen-bond acceptors (Lipinski definition) is 4. The van der Waals surface area contributed by atoms with Crippen molar-refractivity contribution in [3.05, 3.63) is 32.6 Å². The Morgan fingerprint density at radius 2 is 1.86 bits per heavy atom. The van der Waals surface area contributed by atoms with E-state index in [4.69, 9.17) is 0 Å². The third kappa shape index (κ3) is 3.67. The smallest absolute Gasteiger partial charge is 0.317 e. The Hall–Kier alpha value is -1.40. The molecule has 1 aliphatic carbocycles. The van der Waals surface area contributed by atoms with Gasteiger partial charge < -0.3 is 15.6 Å². The van der Waals surface area contributed by atoms with Gasteiger partial charge in [-0.2, -0.15) is 0 Å². The number of aromatic nitrogens is 2. The van der Waals surface area contributed by atoms with Crippen LogP contribution in [0.4, 0.5) is 0 Å². The second-order valence-electron chi connectivity index (χ2n) is 6.83. The molecular weight excluding hydrogens is 280 g/mol. The Balaban J connectivity index is 1.43. The van der Waals surface area contributed by atoms with Gasteiger partial charge in [0, 0.05) is 17.8 Å². The molecule has 0 aromatic carbocycles. The molecule has 3 rings (SSSR count). The van der Waals surface area contributed by atoms with E-state index in [0.29, 0.717) is 23.4 Å². The topological polar surface area (TPSA) is 89.8 Å². The van der Waals surface area contributed by atoms with Crippen molar-refractivity contribution in [3.63, 3.8) is 0 Å². The van der Waals surface area contributed by atoms with E-state index in [9.17, 15) is 9.59 Å². The van der Waals surface area contributed by atoms with Crippen LogP contribution in [0.3, 0.4) is 0 Å². The third-order valence-corrected chi connectivity index (χ3v) is 5.43. The zero-order chi connectivity index (χ0) is 15.4. The lowest BCUT2D eigenvalue weighted by Gasteiger charge is -2.43. The second-order valence-corrected chi connectivity index (χ2v) is 6.83. The quantitative estimate of drug-likeness (QED) is 0.652. The number of nitrogens with one attached hydrogen (secondary N) is 4. The summed E-state index contributed by atoms with van der Waals surface area (Å²) in [5.74, 6) is 0. The summed E-state index contributed by atoms with van der Waals surface area (Å²) in [6, 6.07) is 0.572. The van der Waals surface area contributed by atoms with Gasteiger partial charge in [-0.25, -0.2) is 4.79 Å². The fourth-order valence-electron chi connectivity index (χ4n) is 3.93. The van der Waals surface area contributed by atoms with Crippen LogP contribution in [0.1, 0.15) is 44.1 Å².